The Bertz CT molecular complexity index is 566. The van der Waals surface area contributed by atoms with Crippen LogP contribution in [0.4, 0.5) is 26.3 Å². The molecule has 0 heterocycles. The molecule has 0 fully saturated rings. The maximum Gasteiger partial charge on any atom is 0.455 e. The molecule has 0 aliphatic rings. The summed E-state index contributed by atoms with van der Waals surface area (Å²) in [5.74, 6) is -5.60. The van der Waals surface area contributed by atoms with E-state index in [4.69, 9.17) is 0 Å². The summed E-state index contributed by atoms with van der Waals surface area (Å²) in [7, 11) is -5.34. The minimum atomic E-state index is -6.21. The van der Waals surface area contributed by atoms with Gasteiger partial charge in [0, 0.05) is 0 Å². The van der Waals surface area contributed by atoms with Crippen molar-refractivity contribution in [2.75, 3.05) is 0 Å². The maximum absolute atomic E-state index is 13.2. The molecule has 0 bridgehead atoms. The van der Waals surface area contributed by atoms with Crippen LogP contribution in [0.15, 0.2) is 29.2 Å². The van der Waals surface area contributed by atoms with Crippen molar-refractivity contribution in [3.05, 3.63) is 29.8 Å². The molecule has 0 saturated carbocycles. The monoisotopic (exact) mass is 322 g/mol. The number of hydrogen-bond donors (Lipinski definition) is 0. The van der Waals surface area contributed by atoms with Gasteiger partial charge in [-0.2, -0.15) is 26.0 Å². The first-order valence-electron chi connectivity index (χ1n) is 4.96. The summed E-state index contributed by atoms with van der Waals surface area (Å²) in [4.78, 5) is -0.866. The topological polar surface area (TPSA) is 43.4 Å². The summed E-state index contributed by atoms with van der Waals surface area (Å²) in [5, 5.41) is 0. The molecule has 1 rings (SSSR count). The molecule has 1 aromatic carbocycles. The van der Waals surface area contributed by atoms with Gasteiger partial charge >= 0.3 is 18.5 Å². The average molecular weight is 322 g/mol. The summed E-state index contributed by atoms with van der Waals surface area (Å²) in [6.45, 7) is 1.55. The zero-order valence-electron chi connectivity index (χ0n) is 9.79. The third-order valence-corrected chi connectivity index (χ3v) is 3.52. The van der Waals surface area contributed by atoms with E-state index in [9.17, 15) is 34.8 Å². The molecule has 0 aliphatic heterocycles. The van der Waals surface area contributed by atoms with Crippen LogP contribution in [0.2, 0.25) is 0 Å². The van der Waals surface area contributed by atoms with E-state index in [1.807, 2.05) is 0 Å². The molecule has 0 radical (unpaired) electrons. The number of hydrogen-bond acceptors (Lipinski definition) is 3. The van der Waals surface area contributed by atoms with Crippen molar-refractivity contribution >= 4 is 10.1 Å². The molecule has 1 aromatic rings. The van der Waals surface area contributed by atoms with Gasteiger partial charge in [0.15, 0.2) is 0 Å². The Morgan fingerprint density at radius 3 is 1.85 bits per heavy atom. The Hall–Kier alpha value is -1.29. The first-order chi connectivity index (χ1) is 8.90. The lowest BCUT2D eigenvalue weighted by Gasteiger charge is -2.26. The fraction of sp³-hybridized carbons (Fsp3) is 0.400. The van der Waals surface area contributed by atoms with E-state index in [1.54, 1.807) is 6.92 Å². The molecule has 0 aromatic heterocycles. The zero-order chi connectivity index (χ0) is 15.8. The Kier molecular flexibility index (Phi) is 4.39. The fourth-order valence-corrected chi connectivity index (χ4v) is 2.17. The number of benzene rings is 1. The zero-order valence-corrected chi connectivity index (χ0v) is 10.6. The van der Waals surface area contributed by atoms with Gasteiger partial charge in [0.1, 0.15) is 0 Å². The number of alkyl halides is 6. The smallest absolute Gasteiger partial charge is 0.211 e. The van der Waals surface area contributed by atoms with E-state index < -0.39 is 33.5 Å². The van der Waals surface area contributed by atoms with Gasteiger partial charge in [-0.1, -0.05) is 17.7 Å². The molecule has 0 N–H and O–H groups in total. The van der Waals surface area contributed by atoms with Crippen LogP contribution >= 0.6 is 0 Å². The van der Waals surface area contributed by atoms with Gasteiger partial charge in [-0.25, -0.2) is 13.0 Å². The lowest BCUT2D eigenvalue weighted by Crippen LogP contribution is -2.50. The Labute approximate surface area is 110 Å². The molecule has 3 nitrogen and oxygen atoms in total. The lowest BCUT2D eigenvalue weighted by molar-refractivity contribution is -0.339. The van der Waals surface area contributed by atoms with E-state index in [1.165, 1.54) is 12.1 Å². The molecule has 114 valence electrons. The van der Waals surface area contributed by atoms with E-state index in [-0.39, 0.29) is 0 Å². The second kappa shape index (κ2) is 5.24. The highest BCUT2D eigenvalue weighted by Gasteiger charge is 2.67. The lowest BCUT2D eigenvalue weighted by atomic mass is 10.2. The summed E-state index contributed by atoms with van der Waals surface area (Å²) in [5.41, 5.74) is 0.556. The van der Waals surface area contributed by atoms with Gasteiger partial charge in [0.2, 0.25) is 0 Å². The fourth-order valence-electron chi connectivity index (χ4n) is 1.12. The minimum absolute atomic E-state index is 0.556. The van der Waals surface area contributed by atoms with Crippen molar-refractivity contribution < 1.29 is 38.9 Å². The maximum atomic E-state index is 13.2. The molecule has 0 spiro atoms. The Balaban J connectivity index is 3.20. The third kappa shape index (κ3) is 3.23. The normalized spacial score (nSPS) is 16.2. The molecule has 1 unspecified atom stereocenters. The molecule has 20 heavy (non-hydrogen) atoms. The van der Waals surface area contributed by atoms with Crippen LogP contribution in [0.3, 0.4) is 0 Å². The standard InChI is InChI=1S/C10H8F6O3S/c1-6-2-4-7(5-3-6)20(17,18)19-9(13,8(11)12)10(14,15)16/h2-5,8H,1H3. The summed E-state index contributed by atoms with van der Waals surface area (Å²) in [6.07, 6.45) is -10.9. The minimum Gasteiger partial charge on any atom is -0.211 e. The van der Waals surface area contributed by atoms with E-state index in [2.05, 4.69) is 4.18 Å². The second-order valence-electron chi connectivity index (χ2n) is 3.79. The molecule has 0 amide bonds. The molecule has 1 atom stereocenters. The summed E-state index contributed by atoms with van der Waals surface area (Å²) < 4.78 is 100. The van der Waals surface area contributed by atoms with Crippen LogP contribution < -0.4 is 0 Å². The van der Waals surface area contributed by atoms with Crippen LogP contribution in [0, 0.1) is 6.92 Å². The first-order valence-corrected chi connectivity index (χ1v) is 6.37. The average Bonchev–Trinajstić information content (AvgIpc) is 2.27. The highest BCUT2D eigenvalue weighted by atomic mass is 32.2. The largest absolute Gasteiger partial charge is 0.455 e. The Morgan fingerprint density at radius 2 is 1.50 bits per heavy atom. The van der Waals surface area contributed by atoms with Crippen molar-refractivity contribution in [1.82, 2.24) is 0 Å². The van der Waals surface area contributed by atoms with Gasteiger partial charge in [-0.3, -0.25) is 0 Å². The quantitative estimate of drug-likeness (QED) is 0.631. The third-order valence-electron chi connectivity index (χ3n) is 2.21. The summed E-state index contributed by atoms with van der Waals surface area (Å²) >= 11 is 0. The molecule has 10 heteroatoms. The number of aryl methyl sites for hydroxylation is 1. The van der Waals surface area contributed by atoms with Crippen LogP contribution in [0.5, 0.6) is 0 Å². The van der Waals surface area contributed by atoms with E-state index >= 15 is 0 Å². The molecule has 0 aliphatic carbocycles. The van der Waals surface area contributed by atoms with Crippen LogP contribution in [-0.4, -0.2) is 26.9 Å². The van der Waals surface area contributed by atoms with Crippen LogP contribution in [0.1, 0.15) is 5.56 Å². The SMILES string of the molecule is Cc1ccc(S(=O)(=O)OC(F)(C(F)F)C(F)(F)F)cc1. The van der Waals surface area contributed by atoms with Gasteiger partial charge < -0.3 is 0 Å². The molecular weight excluding hydrogens is 314 g/mol. The molecular formula is C10H8F6O3S. The number of rotatable bonds is 4. The highest BCUT2D eigenvalue weighted by molar-refractivity contribution is 7.86. The van der Waals surface area contributed by atoms with Gasteiger partial charge in [-0.05, 0) is 19.1 Å². The van der Waals surface area contributed by atoms with Gasteiger partial charge in [0.05, 0.1) is 4.90 Å². The predicted octanol–water partition coefficient (Wildman–Crippen LogP) is 3.19. The van der Waals surface area contributed by atoms with Crippen molar-refractivity contribution in [2.24, 2.45) is 0 Å². The van der Waals surface area contributed by atoms with Crippen molar-refractivity contribution in [2.45, 2.75) is 30.3 Å². The van der Waals surface area contributed by atoms with Crippen molar-refractivity contribution in [1.29, 1.82) is 0 Å². The van der Waals surface area contributed by atoms with E-state index in [0.29, 0.717) is 5.56 Å². The van der Waals surface area contributed by atoms with Crippen molar-refractivity contribution in [3.63, 3.8) is 0 Å². The van der Waals surface area contributed by atoms with Crippen molar-refractivity contribution in [3.8, 4) is 0 Å². The van der Waals surface area contributed by atoms with Gasteiger partial charge in [0.25, 0.3) is 10.1 Å². The van der Waals surface area contributed by atoms with Crippen LogP contribution in [-0.2, 0) is 14.3 Å². The second-order valence-corrected chi connectivity index (χ2v) is 5.34. The first kappa shape index (κ1) is 16.8. The van der Waals surface area contributed by atoms with E-state index in [0.717, 1.165) is 12.1 Å². The van der Waals surface area contributed by atoms with Crippen LogP contribution in [0.25, 0.3) is 0 Å². The summed E-state index contributed by atoms with van der Waals surface area (Å²) in [6, 6.07) is 4.00. The number of halogens is 6. The highest BCUT2D eigenvalue weighted by Crippen LogP contribution is 2.41. The molecule has 0 saturated heterocycles. The van der Waals surface area contributed by atoms with Gasteiger partial charge in [-0.15, -0.1) is 0 Å². The predicted molar refractivity (Wildman–Crippen MR) is 55.3 cm³/mol. The Morgan fingerprint density at radius 1 is 1.05 bits per heavy atom.